The number of fused-ring (bicyclic) bond motifs is 14. The molecule has 19 aromatic carbocycles. The fourth-order valence-corrected chi connectivity index (χ4v) is 24.3. The highest BCUT2D eigenvalue weighted by Crippen LogP contribution is 2.44. The molecule has 11 heteroatoms. The molecule has 0 radical (unpaired) electrons. The smallest absolute Gasteiger partial charge is 0.238 e. The number of hydrogen-bond acceptors (Lipinski definition) is 6. The molecule has 6 heterocycles. The van der Waals surface area contributed by atoms with Gasteiger partial charge in [0.15, 0.2) is 37.2 Å². The van der Waals surface area contributed by atoms with Crippen molar-refractivity contribution in [1.82, 2.24) is 48.2 Å². The van der Waals surface area contributed by atoms with Gasteiger partial charge in [0.05, 0.1) is 44.1 Å². The minimum atomic E-state index is -2.68. The second-order valence-electron chi connectivity index (χ2n) is 32.8. The summed E-state index contributed by atoms with van der Waals surface area (Å²) < 4.78 is 9.40. The molecule has 0 aliphatic rings. The van der Waals surface area contributed by atoms with Gasteiger partial charge < -0.3 is 13.7 Å². The summed E-state index contributed by atoms with van der Waals surface area (Å²) in [6.45, 7) is 0. The molecule has 0 unspecified atom stereocenters. The quantitative estimate of drug-likeness (QED) is 0.0749. The van der Waals surface area contributed by atoms with E-state index in [2.05, 4.69) is 370 Å². The van der Waals surface area contributed by atoms with E-state index in [9.17, 15) is 0 Å². The van der Waals surface area contributed by atoms with Gasteiger partial charge in [-0.3, -0.25) is 4.57 Å². The maximum Gasteiger partial charge on any atom is 0.238 e. The van der Waals surface area contributed by atoms with Crippen molar-refractivity contribution in [2.75, 3.05) is 0 Å². The third-order valence-electron chi connectivity index (χ3n) is 25.5. The Morgan fingerprint density at radius 3 is 0.899 bits per heavy atom. The second kappa shape index (κ2) is 31.9. The molecule has 25 aromatic rings. The molecule has 0 bridgehead atoms. The monoisotopic (exact) mass is 1660 g/mol. The zero-order chi connectivity index (χ0) is 85.3. The van der Waals surface area contributed by atoms with Crippen molar-refractivity contribution in [1.29, 1.82) is 0 Å². The largest absolute Gasteiger partial charge is 0.309 e. The molecule has 0 aliphatic heterocycles. The number of benzene rings is 19. The molecule has 0 fully saturated rings. The molecule has 0 spiro atoms. The van der Waals surface area contributed by atoms with E-state index >= 15 is 0 Å². The van der Waals surface area contributed by atoms with Gasteiger partial charge in [0.2, 0.25) is 5.95 Å². The SMILES string of the molecule is c1ccc(-c2nc(-c3ccccc3)nc(-c3ccc(-n4c5ccccc5c5ccc(-c6ccc7c(c6)c6ccccc6n7-c6ccc([Si](c7ccccc7)(c7ccccc7)c7ccccc7)cc6)cc54)cc3)n2)cc1.c1ccc(-c2nc(-c3ccccc3)nc(-n3c4ccccc4c4ccc(-c5ccc6c(c5)c5c7ccccc7ccc5n6-c5ccccc5)cc43)n2)cc1. The van der Waals surface area contributed by atoms with E-state index in [4.69, 9.17) is 29.9 Å². The van der Waals surface area contributed by atoms with Gasteiger partial charge >= 0.3 is 0 Å². The summed E-state index contributed by atoms with van der Waals surface area (Å²) in [5, 5.41) is 17.5. The van der Waals surface area contributed by atoms with Crippen LogP contribution in [0.25, 0.3) is 200 Å². The Bertz CT molecular complexity index is 8350. The van der Waals surface area contributed by atoms with Crippen molar-refractivity contribution in [2.24, 2.45) is 0 Å². The maximum absolute atomic E-state index is 5.15. The predicted octanol–water partition coefficient (Wildman–Crippen LogP) is 26.3. The van der Waals surface area contributed by atoms with E-state index < -0.39 is 8.07 Å². The Kier molecular flexibility index (Phi) is 18.7. The first kappa shape index (κ1) is 75.6. The van der Waals surface area contributed by atoms with Crippen molar-refractivity contribution in [2.45, 2.75) is 0 Å². The van der Waals surface area contributed by atoms with Crippen LogP contribution in [0.3, 0.4) is 0 Å². The molecule has 604 valence electrons. The van der Waals surface area contributed by atoms with Gasteiger partial charge in [0.1, 0.15) is 0 Å². The summed E-state index contributed by atoms with van der Waals surface area (Å²) in [6, 6.07) is 169. The van der Waals surface area contributed by atoms with Crippen molar-refractivity contribution < 1.29 is 0 Å². The number of hydrogen-bond donors (Lipinski definition) is 0. The van der Waals surface area contributed by atoms with E-state index in [1.165, 1.54) is 85.9 Å². The number of nitrogens with zero attached hydrogens (tertiary/aromatic N) is 10. The molecule has 0 atom stereocenters. The summed E-state index contributed by atoms with van der Waals surface area (Å²) in [4.78, 5) is 30.2. The average molecular weight is 1660 g/mol. The molecule has 6 aromatic heterocycles. The minimum absolute atomic E-state index is 0.582. The Morgan fingerprint density at radius 2 is 0.434 bits per heavy atom. The van der Waals surface area contributed by atoms with Gasteiger partial charge in [-0.05, 0) is 163 Å². The zero-order valence-corrected chi connectivity index (χ0v) is 71.0. The van der Waals surface area contributed by atoms with E-state index in [0.717, 1.165) is 100.0 Å². The Balaban J connectivity index is 0.000000151. The van der Waals surface area contributed by atoms with Gasteiger partial charge in [0.25, 0.3) is 0 Å². The molecule has 0 N–H and O–H groups in total. The number of rotatable bonds is 15. The van der Waals surface area contributed by atoms with Crippen LogP contribution in [0.5, 0.6) is 0 Å². The maximum atomic E-state index is 5.15. The Labute approximate surface area is 745 Å². The van der Waals surface area contributed by atoms with Gasteiger partial charge in [-0.2, -0.15) is 9.97 Å². The van der Waals surface area contributed by atoms with Crippen LogP contribution < -0.4 is 20.7 Å². The first-order chi connectivity index (χ1) is 64.0. The van der Waals surface area contributed by atoms with Crippen molar-refractivity contribution in [3.05, 3.63) is 473 Å². The van der Waals surface area contributed by atoms with E-state index in [1.807, 2.05) is 121 Å². The standard InChI is InChI=1S/C69H47N5Si.C49H31N5/c1-6-20-48(21-7-1)67-70-68(49-22-8-2-9-23-49)72-69(71-67)50-34-38-53(39-35-50)74-63-32-18-16-30-59(63)61-44-36-52(47-66(61)74)51-37-45-65-62(46-51)60-31-17-19-33-64(60)73(65)54-40-42-58(43-41-54)75(55-24-10-3-11-25-55,56-26-12-4-13-27-56)57-28-14-5-15-29-57;1-4-15-33(16-5-1)47-50-48(34-17-6-2-7-18-34)52-49(51-47)54-42-23-13-12-22-39(42)40-27-24-36(31-45(40)54)35-26-28-43-41(30-35)46-38-21-11-10-14-32(38)25-29-44(46)53(43)37-19-8-3-9-20-37/h1-47H;1-31H. The molecule has 0 amide bonds. The summed E-state index contributed by atoms with van der Waals surface area (Å²) in [5.41, 5.74) is 21.7. The lowest BCUT2D eigenvalue weighted by Gasteiger charge is -2.34. The summed E-state index contributed by atoms with van der Waals surface area (Å²) in [6.07, 6.45) is 0. The lowest BCUT2D eigenvalue weighted by Crippen LogP contribution is -2.74. The fourth-order valence-electron chi connectivity index (χ4n) is 19.6. The Morgan fingerprint density at radius 1 is 0.155 bits per heavy atom. The van der Waals surface area contributed by atoms with Crippen LogP contribution in [0.4, 0.5) is 0 Å². The van der Waals surface area contributed by atoms with Gasteiger partial charge in [-0.1, -0.05) is 364 Å². The van der Waals surface area contributed by atoms with Crippen LogP contribution in [0.1, 0.15) is 0 Å². The van der Waals surface area contributed by atoms with Crippen molar-refractivity contribution >= 4 is 127 Å². The molecular weight excluding hydrogens is 1590 g/mol. The molecule has 0 saturated carbocycles. The second-order valence-corrected chi connectivity index (χ2v) is 36.6. The lowest BCUT2D eigenvalue weighted by molar-refractivity contribution is 0.953. The highest BCUT2D eigenvalue weighted by atomic mass is 28.3. The third-order valence-corrected chi connectivity index (χ3v) is 30.3. The molecular formula is C118H78N10Si. The summed E-state index contributed by atoms with van der Waals surface area (Å²) in [5.74, 6) is 3.77. The first-order valence-corrected chi connectivity index (χ1v) is 45.7. The zero-order valence-electron chi connectivity index (χ0n) is 70.0. The molecule has 25 rings (SSSR count). The van der Waals surface area contributed by atoms with Crippen LogP contribution >= 0.6 is 0 Å². The van der Waals surface area contributed by atoms with Gasteiger partial charge in [0, 0.05) is 88.0 Å². The number of aromatic nitrogens is 10. The minimum Gasteiger partial charge on any atom is -0.309 e. The van der Waals surface area contributed by atoms with E-state index in [1.54, 1.807) is 0 Å². The van der Waals surface area contributed by atoms with Gasteiger partial charge in [-0.25, -0.2) is 19.9 Å². The van der Waals surface area contributed by atoms with Crippen LogP contribution in [-0.4, -0.2) is 56.2 Å². The van der Waals surface area contributed by atoms with Crippen LogP contribution in [0, 0.1) is 0 Å². The average Bonchev–Trinajstić information content (AvgIpc) is 0.844. The Hall–Kier alpha value is -17.1. The van der Waals surface area contributed by atoms with Crippen LogP contribution in [0.2, 0.25) is 0 Å². The van der Waals surface area contributed by atoms with Crippen LogP contribution in [-0.2, 0) is 0 Å². The highest BCUT2D eigenvalue weighted by molar-refractivity contribution is 7.19. The first-order valence-electron chi connectivity index (χ1n) is 43.7. The highest BCUT2D eigenvalue weighted by Gasteiger charge is 2.41. The fraction of sp³-hybridized carbons (Fsp3) is 0. The molecule has 129 heavy (non-hydrogen) atoms. The predicted molar refractivity (Wildman–Crippen MR) is 536 cm³/mol. The topological polar surface area (TPSA) is 97.1 Å². The number of para-hydroxylation sites is 4. The van der Waals surface area contributed by atoms with E-state index in [-0.39, 0.29) is 0 Å². The molecule has 0 aliphatic carbocycles. The van der Waals surface area contributed by atoms with E-state index in [0.29, 0.717) is 35.1 Å². The van der Waals surface area contributed by atoms with Gasteiger partial charge in [-0.15, -0.1) is 0 Å². The van der Waals surface area contributed by atoms with Crippen LogP contribution in [0.15, 0.2) is 473 Å². The molecule has 10 nitrogen and oxygen atoms in total. The summed E-state index contributed by atoms with van der Waals surface area (Å²) >= 11 is 0. The lowest BCUT2D eigenvalue weighted by atomic mass is 9.99. The van der Waals surface area contributed by atoms with Crippen molar-refractivity contribution in [3.63, 3.8) is 0 Å². The molecule has 0 saturated heterocycles. The third kappa shape index (κ3) is 13.2. The van der Waals surface area contributed by atoms with Crippen molar-refractivity contribution in [3.8, 4) is 102 Å². The normalized spacial score (nSPS) is 11.7. The summed E-state index contributed by atoms with van der Waals surface area (Å²) in [7, 11) is -2.68.